The van der Waals surface area contributed by atoms with Gasteiger partial charge in [0.2, 0.25) is 0 Å². The van der Waals surface area contributed by atoms with Crippen molar-refractivity contribution in [2.45, 2.75) is 0 Å². The van der Waals surface area contributed by atoms with Gasteiger partial charge in [0, 0.05) is 22.7 Å². The van der Waals surface area contributed by atoms with Gasteiger partial charge in [-0.2, -0.15) is 5.10 Å². The second kappa shape index (κ2) is 4.49. The number of fused-ring (bicyclic) bond motifs is 2. The zero-order valence-electron chi connectivity index (χ0n) is 11.2. The van der Waals surface area contributed by atoms with Crippen LogP contribution in [0.5, 0.6) is 0 Å². The molecule has 0 atom stereocenters. The molecule has 21 heavy (non-hydrogen) atoms. The lowest BCUT2D eigenvalue weighted by Crippen LogP contribution is -1.96. The molecule has 0 aliphatic rings. The van der Waals surface area contributed by atoms with Gasteiger partial charge in [0.15, 0.2) is 0 Å². The highest BCUT2D eigenvalue weighted by molar-refractivity contribution is 5.91. The van der Waals surface area contributed by atoms with Crippen LogP contribution in [0, 0.1) is 0 Å². The van der Waals surface area contributed by atoms with Gasteiger partial charge >= 0.3 is 0 Å². The average Bonchev–Trinajstić information content (AvgIpc) is 2.94. The predicted molar refractivity (Wildman–Crippen MR) is 85.5 cm³/mol. The molecule has 0 saturated carbocycles. The van der Waals surface area contributed by atoms with Gasteiger partial charge in [-0.1, -0.05) is 6.07 Å². The summed E-state index contributed by atoms with van der Waals surface area (Å²) < 4.78 is 0. The minimum absolute atomic E-state index is 0.690. The molecule has 5 nitrogen and oxygen atoms in total. The van der Waals surface area contributed by atoms with Crippen LogP contribution in [0.4, 0.5) is 17.1 Å². The Morgan fingerprint density at radius 1 is 1.05 bits per heavy atom. The van der Waals surface area contributed by atoms with Crippen molar-refractivity contribution in [3.05, 3.63) is 54.9 Å². The molecule has 4 aromatic rings. The van der Waals surface area contributed by atoms with E-state index in [1.165, 1.54) is 0 Å². The van der Waals surface area contributed by atoms with Gasteiger partial charge in [-0.05, 0) is 36.4 Å². The van der Waals surface area contributed by atoms with Crippen LogP contribution >= 0.6 is 0 Å². The first kappa shape index (κ1) is 11.7. The first-order valence-electron chi connectivity index (χ1n) is 6.64. The Labute approximate surface area is 120 Å². The number of rotatable bonds is 2. The highest BCUT2D eigenvalue weighted by atomic mass is 15.1. The largest absolute Gasteiger partial charge is 0.397 e. The topological polar surface area (TPSA) is 79.6 Å². The maximum atomic E-state index is 6.09. The molecule has 4 rings (SSSR count). The van der Waals surface area contributed by atoms with Crippen molar-refractivity contribution in [1.82, 2.24) is 15.2 Å². The van der Waals surface area contributed by atoms with Gasteiger partial charge in [0.1, 0.15) is 0 Å². The summed E-state index contributed by atoms with van der Waals surface area (Å²) in [5, 5.41) is 12.4. The van der Waals surface area contributed by atoms with Crippen molar-refractivity contribution in [2.24, 2.45) is 0 Å². The molecule has 0 unspecified atom stereocenters. The van der Waals surface area contributed by atoms with Crippen LogP contribution in [-0.4, -0.2) is 15.2 Å². The number of nitrogens with one attached hydrogen (secondary N) is 2. The fourth-order valence-electron chi connectivity index (χ4n) is 2.43. The number of nitrogens with zero attached hydrogens (tertiary/aromatic N) is 2. The van der Waals surface area contributed by atoms with E-state index in [9.17, 15) is 0 Å². The molecule has 2 aromatic heterocycles. The molecule has 0 amide bonds. The number of aromatic nitrogens is 3. The van der Waals surface area contributed by atoms with Crippen LogP contribution < -0.4 is 11.1 Å². The fraction of sp³-hybridized carbons (Fsp3) is 0. The number of H-pyrrole nitrogens is 1. The zero-order chi connectivity index (χ0) is 14.2. The number of anilines is 3. The summed E-state index contributed by atoms with van der Waals surface area (Å²) in [5.74, 6) is 0. The summed E-state index contributed by atoms with van der Waals surface area (Å²) in [6, 6.07) is 13.9. The van der Waals surface area contributed by atoms with Gasteiger partial charge in [-0.25, -0.2) is 0 Å². The molecular formula is C16H13N5. The Kier molecular flexibility index (Phi) is 2.50. The first-order valence-corrected chi connectivity index (χ1v) is 6.64. The maximum Gasteiger partial charge on any atom is 0.0703 e. The SMILES string of the molecule is Nc1cc2cn[nH]c2cc1Nc1ccc2ncccc2c1. The fourth-order valence-corrected chi connectivity index (χ4v) is 2.43. The molecule has 102 valence electrons. The number of nitrogens with two attached hydrogens (primary N) is 1. The minimum Gasteiger partial charge on any atom is -0.397 e. The predicted octanol–water partition coefficient (Wildman–Crippen LogP) is 3.44. The van der Waals surface area contributed by atoms with Gasteiger partial charge < -0.3 is 11.1 Å². The summed E-state index contributed by atoms with van der Waals surface area (Å²) in [7, 11) is 0. The van der Waals surface area contributed by atoms with Crippen LogP contribution in [0.25, 0.3) is 21.8 Å². The second-order valence-electron chi connectivity index (χ2n) is 4.93. The highest BCUT2D eigenvalue weighted by Crippen LogP contribution is 2.28. The quantitative estimate of drug-likeness (QED) is 0.490. The molecule has 0 spiro atoms. The van der Waals surface area contributed by atoms with Crippen molar-refractivity contribution in [1.29, 1.82) is 0 Å². The lowest BCUT2D eigenvalue weighted by molar-refractivity contribution is 1.12. The number of benzene rings is 2. The third-order valence-electron chi connectivity index (χ3n) is 3.49. The van der Waals surface area contributed by atoms with E-state index in [-0.39, 0.29) is 0 Å². The molecule has 5 heteroatoms. The summed E-state index contributed by atoms with van der Waals surface area (Å²) in [5.41, 5.74) is 10.5. The van der Waals surface area contributed by atoms with E-state index >= 15 is 0 Å². The third kappa shape index (κ3) is 2.04. The Bertz CT molecular complexity index is 942. The third-order valence-corrected chi connectivity index (χ3v) is 3.49. The van der Waals surface area contributed by atoms with Crippen molar-refractivity contribution in [2.75, 3.05) is 11.1 Å². The Morgan fingerprint density at radius 2 is 2.00 bits per heavy atom. The van der Waals surface area contributed by atoms with Gasteiger partial charge in [-0.3, -0.25) is 10.1 Å². The van der Waals surface area contributed by atoms with E-state index in [1.807, 2.05) is 36.4 Å². The van der Waals surface area contributed by atoms with Crippen LogP contribution in [0.2, 0.25) is 0 Å². The lowest BCUT2D eigenvalue weighted by atomic mass is 10.1. The number of nitrogen functional groups attached to an aromatic ring is 1. The number of aromatic amines is 1. The number of pyridine rings is 1. The van der Waals surface area contributed by atoms with E-state index in [2.05, 4.69) is 26.6 Å². The van der Waals surface area contributed by atoms with Crippen molar-refractivity contribution >= 4 is 38.9 Å². The summed E-state index contributed by atoms with van der Waals surface area (Å²) in [4.78, 5) is 4.32. The Morgan fingerprint density at radius 3 is 2.95 bits per heavy atom. The molecule has 0 fully saturated rings. The monoisotopic (exact) mass is 275 g/mol. The van der Waals surface area contributed by atoms with Gasteiger partial charge in [0.05, 0.1) is 28.6 Å². The van der Waals surface area contributed by atoms with E-state index in [4.69, 9.17) is 5.73 Å². The molecule has 2 aromatic carbocycles. The van der Waals surface area contributed by atoms with Crippen LogP contribution in [-0.2, 0) is 0 Å². The Balaban J connectivity index is 1.76. The number of hydrogen-bond acceptors (Lipinski definition) is 4. The van der Waals surface area contributed by atoms with E-state index in [1.54, 1.807) is 12.4 Å². The molecule has 0 aliphatic carbocycles. The van der Waals surface area contributed by atoms with Crippen molar-refractivity contribution < 1.29 is 0 Å². The van der Waals surface area contributed by atoms with Crippen LogP contribution in [0.1, 0.15) is 0 Å². The van der Waals surface area contributed by atoms with E-state index < -0.39 is 0 Å². The standard InChI is InChI=1S/C16H13N5/c17-13-7-11-9-19-21-15(11)8-16(13)20-12-3-4-14-10(6-12)2-1-5-18-14/h1-9,20H,17H2,(H,19,21). The summed E-state index contributed by atoms with van der Waals surface area (Å²) in [6.45, 7) is 0. The van der Waals surface area contributed by atoms with Gasteiger partial charge in [-0.15, -0.1) is 0 Å². The Hall–Kier alpha value is -3.08. The smallest absolute Gasteiger partial charge is 0.0703 e. The molecule has 0 saturated heterocycles. The first-order chi connectivity index (χ1) is 10.3. The molecule has 0 bridgehead atoms. The lowest BCUT2D eigenvalue weighted by Gasteiger charge is -2.10. The summed E-state index contributed by atoms with van der Waals surface area (Å²) >= 11 is 0. The molecule has 0 radical (unpaired) electrons. The molecule has 2 heterocycles. The van der Waals surface area contributed by atoms with E-state index in [0.29, 0.717) is 5.69 Å². The van der Waals surface area contributed by atoms with Crippen molar-refractivity contribution in [3.8, 4) is 0 Å². The molecule has 0 aliphatic heterocycles. The summed E-state index contributed by atoms with van der Waals surface area (Å²) in [6.07, 6.45) is 3.55. The van der Waals surface area contributed by atoms with Crippen molar-refractivity contribution in [3.63, 3.8) is 0 Å². The van der Waals surface area contributed by atoms with Gasteiger partial charge in [0.25, 0.3) is 0 Å². The number of hydrogen-bond donors (Lipinski definition) is 3. The highest BCUT2D eigenvalue weighted by Gasteiger charge is 2.05. The minimum atomic E-state index is 0.690. The normalized spacial score (nSPS) is 11.0. The molecular weight excluding hydrogens is 262 g/mol. The maximum absolute atomic E-state index is 6.09. The zero-order valence-corrected chi connectivity index (χ0v) is 11.2. The second-order valence-corrected chi connectivity index (χ2v) is 4.93. The molecule has 4 N–H and O–H groups in total. The average molecular weight is 275 g/mol. The van der Waals surface area contributed by atoms with E-state index in [0.717, 1.165) is 33.2 Å². The van der Waals surface area contributed by atoms with Crippen LogP contribution in [0.3, 0.4) is 0 Å². The van der Waals surface area contributed by atoms with Crippen LogP contribution in [0.15, 0.2) is 54.9 Å².